The zero-order valence-electron chi connectivity index (χ0n) is 20.7. The van der Waals surface area contributed by atoms with Gasteiger partial charge in [0.25, 0.3) is 0 Å². The Bertz CT molecular complexity index is 1390. The van der Waals surface area contributed by atoms with E-state index in [9.17, 15) is 8.42 Å². The Morgan fingerprint density at radius 2 is 1.00 bits per heavy atom. The van der Waals surface area contributed by atoms with Crippen LogP contribution in [0.4, 0.5) is 11.4 Å². The molecule has 4 aromatic carbocycles. The van der Waals surface area contributed by atoms with Gasteiger partial charge in [0.2, 0.25) is 21.6 Å². The Labute approximate surface area is 217 Å². The van der Waals surface area contributed by atoms with Gasteiger partial charge in [0.05, 0.1) is 34.4 Å². The molecule has 0 heterocycles. The monoisotopic (exact) mass is 512 g/mol. The van der Waals surface area contributed by atoms with Crippen molar-refractivity contribution in [1.82, 2.24) is 0 Å². The summed E-state index contributed by atoms with van der Waals surface area (Å²) in [7, 11) is -3.83. The molecule has 0 spiro atoms. The lowest BCUT2D eigenvalue weighted by Crippen LogP contribution is -2.06. The largest absolute Gasteiger partial charge is 0.478 e. The van der Waals surface area contributed by atoms with Crippen molar-refractivity contribution in [1.29, 1.82) is 0 Å². The molecule has 0 radical (unpaired) electrons. The number of ether oxygens (including phenoxy) is 2. The molecule has 0 aliphatic rings. The fourth-order valence-corrected chi connectivity index (χ4v) is 4.95. The average molecular weight is 513 g/mol. The van der Waals surface area contributed by atoms with Crippen molar-refractivity contribution in [3.63, 3.8) is 0 Å². The normalized spacial score (nSPS) is 12.3. The molecule has 0 aromatic heterocycles. The highest BCUT2D eigenvalue weighted by Gasteiger charge is 2.19. The molecule has 4 rings (SSSR count). The van der Waals surface area contributed by atoms with Crippen LogP contribution in [0, 0.1) is 0 Å². The van der Waals surface area contributed by atoms with E-state index < -0.39 is 9.84 Å². The van der Waals surface area contributed by atoms with E-state index >= 15 is 0 Å². The SMILES string of the molecule is CCO/C(=N\c1cccc(S(=O)(=O)c2cccc(/N=C(\OCC)c3ccccc3)c2)c1)c1ccccc1. The van der Waals surface area contributed by atoms with Gasteiger partial charge >= 0.3 is 0 Å². The van der Waals surface area contributed by atoms with Crippen molar-refractivity contribution in [2.75, 3.05) is 13.2 Å². The minimum Gasteiger partial charge on any atom is -0.478 e. The molecule has 0 atom stereocenters. The van der Waals surface area contributed by atoms with E-state index in [-0.39, 0.29) is 9.79 Å². The van der Waals surface area contributed by atoms with Crippen LogP contribution in [-0.4, -0.2) is 33.4 Å². The molecular weight excluding hydrogens is 484 g/mol. The van der Waals surface area contributed by atoms with E-state index in [4.69, 9.17) is 9.47 Å². The second kappa shape index (κ2) is 12.1. The second-order valence-corrected chi connectivity index (χ2v) is 9.88. The molecule has 0 aliphatic heterocycles. The van der Waals surface area contributed by atoms with Crippen molar-refractivity contribution >= 4 is 33.0 Å². The third-order valence-electron chi connectivity index (χ3n) is 5.32. The van der Waals surface area contributed by atoms with E-state index in [0.717, 1.165) is 11.1 Å². The molecule has 0 saturated heterocycles. The Morgan fingerprint density at radius 3 is 1.38 bits per heavy atom. The standard InChI is InChI=1S/C30H28N2O4S/c1-3-35-29(23-13-7-5-8-14-23)31-25-17-11-19-27(21-25)37(33,34)28-20-12-18-26(22-28)32-30(36-4-2)24-15-9-6-10-16-24/h5-22H,3-4H2,1-2H3/b31-29-,32-30-. The maximum Gasteiger partial charge on any atom is 0.221 e. The predicted molar refractivity (Wildman–Crippen MR) is 147 cm³/mol. The molecule has 0 aliphatic carbocycles. The summed E-state index contributed by atoms with van der Waals surface area (Å²) in [4.78, 5) is 9.44. The number of sulfone groups is 1. The number of hydrogen-bond donors (Lipinski definition) is 0. The summed E-state index contributed by atoms with van der Waals surface area (Å²) >= 11 is 0. The van der Waals surface area contributed by atoms with Gasteiger partial charge in [0.1, 0.15) is 0 Å². The maximum atomic E-state index is 13.5. The van der Waals surface area contributed by atoms with Gasteiger partial charge in [-0.1, -0.05) is 48.5 Å². The third-order valence-corrected chi connectivity index (χ3v) is 7.07. The lowest BCUT2D eigenvalue weighted by atomic mass is 10.2. The van der Waals surface area contributed by atoms with Gasteiger partial charge in [-0.3, -0.25) is 0 Å². The third kappa shape index (κ3) is 6.51. The average Bonchev–Trinajstić information content (AvgIpc) is 2.94. The van der Waals surface area contributed by atoms with E-state index in [0.29, 0.717) is 36.4 Å². The number of aliphatic imine (C=N–C) groups is 2. The molecule has 6 nitrogen and oxygen atoms in total. The van der Waals surface area contributed by atoms with Crippen molar-refractivity contribution in [2.45, 2.75) is 23.6 Å². The number of benzene rings is 4. The molecule has 0 N–H and O–H groups in total. The number of rotatable bonds is 8. The van der Waals surface area contributed by atoms with Gasteiger partial charge in [-0.25, -0.2) is 18.4 Å². The van der Waals surface area contributed by atoms with Crippen molar-refractivity contribution in [2.24, 2.45) is 9.98 Å². The first-order chi connectivity index (χ1) is 18.0. The molecule has 37 heavy (non-hydrogen) atoms. The molecule has 4 aromatic rings. The maximum absolute atomic E-state index is 13.5. The second-order valence-electron chi connectivity index (χ2n) is 7.93. The Balaban J connectivity index is 1.69. The van der Waals surface area contributed by atoms with Crippen LogP contribution in [-0.2, 0) is 19.3 Å². The van der Waals surface area contributed by atoms with Crippen LogP contribution in [0.3, 0.4) is 0 Å². The highest BCUT2D eigenvalue weighted by Crippen LogP contribution is 2.28. The predicted octanol–water partition coefficient (Wildman–Crippen LogP) is 6.75. The number of nitrogens with zero attached hydrogens (tertiary/aromatic N) is 2. The topological polar surface area (TPSA) is 77.3 Å². The summed E-state index contributed by atoms with van der Waals surface area (Å²) in [5, 5.41) is 0. The summed E-state index contributed by atoms with van der Waals surface area (Å²) < 4.78 is 38.5. The van der Waals surface area contributed by atoms with Crippen LogP contribution < -0.4 is 0 Å². The van der Waals surface area contributed by atoms with Crippen LogP contribution in [0.1, 0.15) is 25.0 Å². The lowest BCUT2D eigenvalue weighted by molar-refractivity contribution is 0.328. The molecule has 0 amide bonds. The zero-order chi connectivity index (χ0) is 26.1. The van der Waals surface area contributed by atoms with Gasteiger partial charge in [0, 0.05) is 11.1 Å². The van der Waals surface area contributed by atoms with Gasteiger partial charge in [0.15, 0.2) is 0 Å². The fourth-order valence-electron chi connectivity index (χ4n) is 3.61. The van der Waals surface area contributed by atoms with E-state index in [1.54, 1.807) is 48.5 Å². The Hall–Kier alpha value is -4.23. The van der Waals surface area contributed by atoms with Crippen LogP contribution in [0.5, 0.6) is 0 Å². The summed E-state index contributed by atoms with van der Waals surface area (Å²) in [5.74, 6) is 0.858. The highest BCUT2D eigenvalue weighted by molar-refractivity contribution is 7.91. The first kappa shape index (κ1) is 25.9. The zero-order valence-corrected chi connectivity index (χ0v) is 21.6. The number of hydrogen-bond acceptors (Lipinski definition) is 6. The summed E-state index contributed by atoms with van der Waals surface area (Å²) in [6, 6.07) is 32.0. The molecule has 0 fully saturated rings. The fraction of sp³-hybridized carbons (Fsp3) is 0.133. The molecule has 0 bridgehead atoms. The molecule has 7 heteroatoms. The van der Waals surface area contributed by atoms with Crippen molar-refractivity contribution in [3.8, 4) is 0 Å². The van der Waals surface area contributed by atoms with Crippen molar-refractivity contribution in [3.05, 3.63) is 120 Å². The van der Waals surface area contributed by atoms with Crippen LogP contribution in [0.25, 0.3) is 0 Å². The highest BCUT2D eigenvalue weighted by atomic mass is 32.2. The van der Waals surface area contributed by atoms with E-state index in [2.05, 4.69) is 9.98 Å². The summed E-state index contributed by atoms with van der Waals surface area (Å²) in [5.41, 5.74) is 2.58. The van der Waals surface area contributed by atoms with E-state index in [1.165, 1.54) is 0 Å². The lowest BCUT2D eigenvalue weighted by Gasteiger charge is -2.10. The molecule has 0 unspecified atom stereocenters. The minimum atomic E-state index is -3.83. The van der Waals surface area contributed by atoms with Crippen LogP contribution in [0.2, 0.25) is 0 Å². The summed E-state index contributed by atoms with van der Waals surface area (Å²) in [6.07, 6.45) is 0. The van der Waals surface area contributed by atoms with Crippen LogP contribution in [0.15, 0.2) is 129 Å². The minimum absolute atomic E-state index is 0.131. The van der Waals surface area contributed by atoms with Crippen molar-refractivity contribution < 1.29 is 17.9 Å². The Morgan fingerprint density at radius 1 is 0.595 bits per heavy atom. The van der Waals surface area contributed by atoms with Gasteiger partial charge in [-0.2, -0.15) is 0 Å². The smallest absolute Gasteiger partial charge is 0.221 e. The van der Waals surface area contributed by atoms with E-state index in [1.807, 2.05) is 74.5 Å². The van der Waals surface area contributed by atoms with Gasteiger partial charge in [-0.05, 0) is 74.5 Å². The summed E-state index contributed by atoms with van der Waals surface area (Å²) in [6.45, 7) is 4.63. The first-order valence-electron chi connectivity index (χ1n) is 12.0. The quantitative estimate of drug-likeness (QED) is 0.193. The molecule has 188 valence electrons. The molecular formula is C30H28N2O4S. The first-order valence-corrected chi connectivity index (χ1v) is 13.5. The molecule has 0 saturated carbocycles. The van der Waals surface area contributed by atoms with Crippen LogP contribution >= 0.6 is 0 Å². The van der Waals surface area contributed by atoms with Gasteiger partial charge < -0.3 is 9.47 Å². The Kier molecular flexibility index (Phi) is 8.48. The van der Waals surface area contributed by atoms with Gasteiger partial charge in [-0.15, -0.1) is 0 Å².